The molecule has 1 heterocycles. The number of hydrogen-bond donors (Lipinski definition) is 1. The molecule has 0 bridgehead atoms. The highest BCUT2D eigenvalue weighted by molar-refractivity contribution is 5.10. The maximum atomic E-state index is 6.03. The summed E-state index contributed by atoms with van der Waals surface area (Å²) in [6, 6.07) is 5.12. The minimum Gasteiger partial charge on any atom is -0.469 e. The Morgan fingerprint density at radius 2 is 2.19 bits per heavy atom. The zero-order valence-corrected chi connectivity index (χ0v) is 13.4. The van der Waals surface area contributed by atoms with E-state index in [2.05, 4.69) is 25.2 Å². The molecule has 118 valence electrons. The molecule has 21 heavy (non-hydrogen) atoms. The van der Waals surface area contributed by atoms with Crippen LogP contribution < -0.4 is 5.32 Å². The van der Waals surface area contributed by atoms with Crippen LogP contribution in [0.1, 0.15) is 58.1 Å². The lowest BCUT2D eigenvalue weighted by Crippen LogP contribution is -2.65. The number of hydrogen-bond acceptors (Lipinski definition) is 3. The molecule has 1 N–H and O–H groups in total. The first kappa shape index (κ1) is 15.1. The van der Waals surface area contributed by atoms with Crippen LogP contribution in [0.5, 0.6) is 0 Å². The number of nitrogens with one attached hydrogen (secondary N) is 1. The van der Waals surface area contributed by atoms with Gasteiger partial charge in [-0.05, 0) is 45.2 Å². The van der Waals surface area contributed by atoms with Crippen molar-refractivity contribution in [3.05, 3.63) is 24.2 Å². The Bertz CT molecular complexity index is 422. The Hall–Kier alpha value is -0.800. The standard InChI is InChI=1S/C18H29NO2/c1-3-20-17-13-16(18(17)9-5-4-6-10-18)19-14(2)12-15-8-7-11-21-15/h7-8,11,14,16-17,19H,3-6,9-10,12-13H2,1-2H3. The molecular formula is C18H29NO2. The third-order valence-corrected chi connectivity index (χ3v) is 5.51. The van der Waals surface area contributed by atoms with Crippen molar-refractivity contribution < 1.29 is 9.15 Å². The van der Waals surface area contributed by atoms with Crippen LogP contribution in [-0.4, -0.2) is 24.8 Å². The molecule has 2 fully saturated rings. The highest BCUT2D eigenvalue weighted by Crippen LogP contribution is 2.53. The first-order valence-electron chi connectivity index (χ1n) is 8.64. The van der Waals surface area contributed by atoms with Crippen LogP contribution in [0, 0.1) is 5.41 Å². The summed E-state index contributed by atoms with van der Waals surface area (Å²) in [7, 11) is 0. The first-order chi connectivity index (χ1) is 10.2. The van der Waals surface area contributed by atoms with Crippen molar-refractivity contribution in [1.82, 2.24) is 5.32 Å². The molecule has 0 saturated heterocycles. The molecule has 1 aromatic heterocycles. The van der Waals surface area contributed by atoms with Crippen LogP contribution in [0.2, 0.25) is 0 Å². The Balaban J connectivity index is 1.59. The van der Waals surface area contributed by atoms with Gasteiger partial charge in [0.25, 0.3) is 0 Å². The lowest BCUT2D eigenvalue weighted by molar-refractivity contribution is -0.151. The van der Waals surface area contributed by atoms with Gasteiger partial charge in [-0.25, -0.2) is 0 Å². The lowest BCUT2D eigenvalue weighted by atomic mass is 9.55. The van der Waals surface area contributed by atoms with Gasteiger partial charge in [0.15, 0.2) is 0 Å². The van der Waals surface area contributed by atoms with E-state index >= 15 is 0 Å². The topological polar surface area (TPSA) is 34.4 Å². The van der Waals surface area contributed by atoms with Crippen molar-refractivity contribution >= 4 is 0 Å². The van der Waals surface area contributed by atoms with Gasteiger partial charge in [-0.15, -0.1) is 0 Å². The van der Waals surface area contributed by atoms with E-state index in [1.165, 1.54) is 38.5 Å². The molecule has 0 radical (unpaired) electrons. The molecule has 3 heteroatoms. The second-order valence-corrected chi connectivity index (χ2v) is 6.88. The molecule has 3 unspecified atom stereocenters. The summed E-state index contributed by atoms with van der Waals surface area (Å²) in [6.07, 6.45) is 11.2. The SMILES string of the molecule is CCOC1CC(NC(C)Cc2ccco2)C12CCCCC2. The minimum absolute atomic E-state index is 0.408. The molecule has 2 saturated carbocycles. The highest BCUT2D eigenvalue weighted by Gasteiger charge is 2.55. The Morgan fingerprint density at radius 1 is 1.38 bits per heavy atom. The number of ether oxygens (including phenoxy) is 1. The largest absolute Gasteiger partial charge is 0.469 e. The second-order valence-electron chi connectivity index (χ2n) is 6.88. The molecule has 3 rings (SSSR count). The summed E-state index contributed by atoms with van der Waals surface area (Å²) in [5, 5.41) is 3.86. The van der Waals surface area contributed by atoms with Gasteiger partial charge in [0.2, 0.25) is 0 Å². The van der Waals surface area contributed by atoms with E-state index in [0.717, 1.165) is 18.8 Å². The van der Waals surface area contributed by atoms with Crippen LogP contribution in [0.3, 0.4) is 0 Å². The lowest BCUT2D eigenvalue weighted by Gasteiger charge is -2.58. The average molecular weight is 291 g/mol. The summed E-state index contributed by atoms with van der Waals surface area (Å²) >= 11 is 0. The van der Waals surface area contributed by atoms with Gasteiger partial charge >= 0.3 is 0 Å². The summed E-state index contributed by atoms with van der Waals surface area (Å²) in [5.41, 5.74) is 0.408. The van der Waals surface area contributed by atoms with Crippen LogP contribution in [0.4, 0.5) is 0 Å². The molecule has 3 nitrogen and oxygen atoms in total. The van der Waals surface area contributed by atoms with Crippen molar-refractivity contribution in [3.63, 3.8) is 0 Å². The molecular weight excluding hydrogens is 262 g/mol. The second kappa shape index (κ2) is 6.53. The molecule has 1 aromatic rings. The third kappa shape index (κ3) is 3.04. The molecule has 0 aliphatic heterocycles. The zero-order chi connectivity index (χ0) is 14.7. The fraction of sp³-hybridized carbons (Fsp3) is 0.778. The van der Waals surface area contributed by atoms with Crippen molar-refractivity contribution in [2.24, 2.45) is 5.41 Å². The maximum Gasteiger partial charge on any atom is 0.105 e. The van der Waals surface area contributed by atoms with E-state index in [4.69, 9.17) is 9.15 Å². The molecule has 1 spiro atoms. The van der Waals surface area contributed by atoms with Crippen molar-refractivity contribution in [2.45, 2.75) is 77.0 Å². The third-order valence-electron chi connectivity index (χ3n) is 5.51. The fourth-order valence-electron chi connectivity index (χ4n) is 4.43. The summed E-state index contributed by atoms with van der Waals surface area (Å²) in [6.45, 7) is 5.24. The summed E-state index contributed by atoms with van der Waals surface area (Å²) in [5.74, 6) is 1.08. The van der Waals surface area contributed by atoms with Gasteiger partial charge in [0.1, 0.15) is 5.76 Å². The quantitative estimate of drug-likeness (QED) is 0.862. The van der Waals surface area contributed by atoms with E-state index in [0.29, 0.717) is 23.6 Å². The summed E-state index contributed by atoms with van der Waals surface area (Å²) < 4.78 is 11.5. The van der Waals surface area contributed by atoms with Crippen LogP contribution in [0.15, 0.2) is 22.8 Å². The van der Waals surface area contributed by atoms with Gasteiger partial charge in [0, 0.05) is 30.5 Å². The highest BCUT2D eigenvalue weighted by atomic mass is 16.5. The smallest absolute Gasteiger partial charge is 0.105 e. The minimum atomic E-state index is 0.408. The van der Waals surface area contributed by atoms with E-state index in [9.17, 15) is 0 Å². The number of rotatable bonds is 6. The van der Waals surface area contributed by atoms with Gasteiger partial charge in [-0.2, -0.15) is 0 Å². The summed E-state index contributed by atoms with van der Waals surface area (Å²) in [4.78, 5) is 0. The molecule has 2 aliphatic rings. The zero-order valence-electron chi connectivity index (χ0n) is 13.4. The molecule has 0 amide bonds. The van der Waals surface area contributed by atoms with Gasteiger partial charge in [0.05, 0.1) is 12.4 Å². The Kier molecular flexibility index (Phi) is 4.70. The van der Waals surface area contributed by atoms with E-state index in [1.807, 2.05) is 6.07 Å². The van der Waals surface area contributed by atoms with Gasteiger partial charge in [-0.3, -0.25) is 0 Å². The van der Waals surface area contributed by atoms with Crippen molar-refractivity contribution in [1.29, 1.82) is 0 Å². The first-order valence-corrected chi connectivity index (χ1v) is 8.64. The molecule has 3 atom stereocenters. The predicted octanol–water partition coefficient (Wildman–Crippen LogP) is 3.93. The number of furan rings is 1. The fourth-order valence-corrected chi connectivity index (χ4v) is 4.43. The van der Waals surface area contributed by atoms with E-state index in [-0.39, 0.29) is 0 Å². The van der Waals surface area contributed by atoms with Crippen LogP contribution in [0.25, 0.3) is 0 Å². The molecule has 0 aromatic carbocycles. The Morgan fingerprint density at radius 3 is 2.86 bits per heavy atom. The predicted molar refractivity (Wildman–Crippen MR) is 84.3 cm³/mol. The van der Waals surface area contributed by atoms with Gasteiger partial charge in [-0.1, -0.05) is 19.3 Å². The monoisotopic (exact) mass is 291 g/mol. The van der Waals surface area contributed by atoms with Crippen molar-refractivity contribution in [2.75, 3.05) is 6.61 Å². The van der Waals surface area contributed by atoms with E-state index in [1.54, 1.807) is 6.26 Å². The average Bonchev–Trinajstić information content (AvgIpc) is 3.00. The van der Waals surface area contributed by atoms with Crippen LogP contribution in [-0.2, 0) is 11.2 Å². The van der Waals surface area contributed by atoms with E-state index < -0.39 is 0 Å². The Labute approximate surface area is 128 Å². The van der Waals surface area contributed by atoms with Gasteiger partial charge < -0.3 is 14.5 Å². The maximum absolute atomic E-state index is 6.03. The normalized spacial score (nSPS) is 29.2. The molecule has 2 aliphatic carbocycles. The van der Waals surface area contributed by atoms with Crippen molar-refractivity contribution in [3.8, 4) is 0 Å². The van der Waals surface area contributed by atoms with Crippen LogP contribution >= 0.6 is 0 Å².